The summed E-state index contributed by atoms with van der Waals surface area (Å²) in [4.78, 5) is 11.7. The van der Waals surface area contributed by atoms with E-state index in [2.05, 4.69) is 25.8 Å². The van der Waals surface area contributed by atoms with E-state index in [0.29, 0.717) is 11.7 Å². The fourth-order valence-electron chi connectivity index (χ4n) is 2.37. The van der Waals surface area contributed by atoms with E-state index in [-0.39, 0.29) is 6.61 Å². The second-order valence-electron chi connectivity index (χ2n) is 5.74. The van der Waals surface area contributed by atoms with Crippen LogP contribution < -0.4 is 9.88 Å². The van der Waals surface area contributed by atoms with Crippen molar-refractivity contribution in [3.05, 3.63) is 53.6 Å². The second-order valence-corrected chi connectivity index (χ2v) is 6.92. The number of alkyl carbamates (subject to hydrolysis) is 1. The summed E-state index contributed by atoms with van der Waals surface area (Å²) < 4.78 is 9.27. The summed E-state index contributed by atoms with van der Waals surface area (Å²) in [7, 11) is 0. The lowest BCUT2D eigenvalue weighted by Crippen LogP contribution is -2.31. The minimum absolute atomic E-state index is 0.282. The molecule has 0 aliphatic rings. The molecular weight excluding hydrogens is 406 g/mol. The van der Waals surface area contributed by atoms with Crippen molar-refractivity contribution < 1.29 is 14.1 Å². The first-order valence-electron chi connectivity index (χ1n) is 8.44. The summed E-state index contributed by atoms with van der Waals surface area (Å²) >= 11 is 9.67. The highest BCUT2D eigenvalue weighted by molar-refractivity contribution is 9.09. The van der Waals surface area contributed by atoms with E-state index in [1.807, 2.05) is 47.4 Å². The number of carbonyl (C=O) groups excluding carboxylic acids is 1. The molecule has 1 aromatic carbocycles. The van der Waals surface area contributed by atoms with Gasteiger partial charge in [0, 0.05) is 18.3 Å². The van der Waals surface area contributed by atoms with E-state index < -0.39 is 6.09 Å². The van der Waals surface area contributed by atoms with Gasteiger partial charge < -0.3 is 10.1 Å². The first kappa shape index (κ1) is 19.8. The van der Waals surface area contributed by atoms with Crippen LogP contribution in [0.1, 0.15) is 24.8 Å². The maximum absolute atomic E-state index is 11.7. The quantitative estimate of drug-likeness (QED) is 0.353. The fraction of sp³-hybridized carbons (Fsp3) is 0.444. The molecule has 0 saturated heterocycles. The van der Waals surface area contributed by atoms with Crippen molar-refractivity contribution in [2.24, 2.45) is 0 Å². The van der Waals surface area contributed by atoms with Gasteiger partial charge >= 0.3 is 6.09 Å². The van der Waals surface area contributed by atoms with Crippen LogP contribution >= 0.6 is 27.5 Å². The zero-order valence-electron chi connectivity index (χ0n) is 14.2. The van der Waals surface area contributed by atoms with Crippen molar-refractivity contribution in [2.75, 3.05) is 11.9 Å². The largest absolute Gasteiger partial charge is 0.445 e. The predicted molar refractivity (Wildman–Crippen MR) is 102 cm³/mol. The third kappa shape index (κ3) is 7.48. The summed E-state index contributed by atoms with van der Waals surface area (Å²) in [6.07, 6.45) is 6.61. The molecule has 0 fully saturated rings. The van der Waals surface area contributed by atoms with Gasteiger partial charge in [-0.25, -0.2) is 13.9 Å². The average molecular weight is 430 g/mol. The molecule has 0 atom stereocenters. The molecule has 0 saturated carbocycles. The monoisotopic (exact) mass is 428 g/mol. The number of rotatable bonds is 10. The van der Waals surface area contributed by atoms with Gasteiger partial charge in [-0.15, -0.1) is 0 Å². The van der Waals surface area contributed by atoms with E-state index >= 15 is 0 Å². The number of hydrogen-bond acceptors (Lipinski definition) is 2. The third-order valence-corrected chi connectivity index (χ3v) is 4.57. The van der Waals surface area contributed by atoms with Gasteiger partial charge in [0.25, 0.3) is 0 Å². The van der Waals surface area contributed by atoms with Crippen LogP contribution in [0.15, 0.2) is 42.9 Å². The normalized spacial score (nSPS) is 10.6. The zero-order valence-corrected chi connectivity index (χ0v) is 16.5. The summed E-state index contributed by atoms with van der Waals surface area (Å²) in [6.45, 7) is 2.54. The van der Waals surface area contributed by atoms with Crippen molar-refractivity contribution in [3.63, 3.8) is 0 Å². The summed E-state index contributed by atoms with van der Waals surface area (Å²) in [6, 6.07) is 9.62. The Morgan fingerprint density at radius 2 is 2.04 bits per heavy atom. The lowest BCUT2D eigenvalue weighted by molar-refractivity contribution is -0.696. The smallest absolute Gasteiger partial charge is 0.407 e. The molecule has 0 radical (unpaired) electrons. The Balaban J connectivity index is 1.63. The molecule has 0 aliphatic carbocycles. The van der Waals surface area contributed by atoms with Gasteiger partial charge in [-0.1, -0.05) is 46.3 Å². The van der Waals surface area contributed by atoms with E-state index in [1.54, 1.807) is 0 Å². The minimum Gasteiger partial charge on any atom is -0.445 e. The number of ether oxygens (including phenoxy) is 1. The van der Waals surface area contributed by atoms with Gasteiger partial charge in [0.05, 0.1) is 13.1 Å². The molecule has 1 N–H and O–H groups in total. The molecule has 0 spiro atoms. The van der Waals surface area contributed by atoms with E-state index in [0.717, 1.165) is 43.2 Å². The highest BCUT2D eigenvalue weighted by Crippen LogP contribution is 2.07. The highest BCUT2D eigenvalue weighted by Gasteiger charge is 2.11. The number of imidazole rings is 1. The van der Waals surface area contributed by atoms with Gasteiger partial charge in [0.1, 0.15) is 12.8 Å². The molecule has 1 amide bonds. The lowest BCUT2D eigenvalue weighted by Gasteiger charge is -2.06. The van der Waals surface area contributed by atoms with Crippen molar-refractivity contribution in [1.29, 1.82) is 0 Å². The number of amides is 1. The Morgan fingerprint density at radius 3 is 2.80 bits per heavy atom. The number of halogens is 2. The van der Waals surface area contributed by atoms with E-state index in [4.69, 9.17) is 16.3 Å². The second kappa shape index (κ2) is 11.2. The Bertz CT molecular complexity index is 649. The van der Waals surface area contributed by atoms with Crippen LogP contribution in [0, 0.1) is 0 Å². The molecule has 2 rings (SSSR count). The van der Waals surface area contributed by atoms with Crippen molar-refractivity contribution >= 4 is 33.6 Å². The van der Waals surface area contributed by atoms with Gasteiger partial charge in [-0.3, -0.25) is 0 Å². The van der Waals surface area contributed by atoms with Gasteiger partial charge in [0.2, 0.25) is 11.5 Å². The Labute approximate surface area is 162 Å². The topological polar surface area (TPSA) is 47.1 Å². The van der Waals surface area contributed by atoms with Crippen LogP contribution in [-0.2, 0) is 24.4 Å². The van der Waals surface area contributed by atoms with Crippen molar-refractivity contribution in [1.82, 2.24) is 9.88 Å². The van der Waals surface area contributed by atoms with Crippen LogP contribution in [0.5, 0.6) is 0 Å². The van der Waals surface area contributed by atoms with Crippen molar-refractivity contribution in [3.8, 4) is 0 Å². The molecule has 1 heterocycles. The molecule has 7 heteroatoms. The number of aryl methyl sites for hydroxylation is 2. The average Bonchev–Trinajstić information content (AvgIpc) is 2.98. The summed E-state index contributed by atoms with van der Waals surface area (Å²) in [5.74, 6) is 0. The summed E-state index contributed by atoms with van der Waals surface area (Å²) in [5, 5.41) is 4.50. The van der Waals surface area contributed by atoms with Crippen LogP contribution in [0.2, 0.25) is 5.15 Å². The Kier molecular flexibility index (Phi) is 8.83. The molecule has 1 aromatic heterocycles. The first-order chi connectivity index (χ1) is 12.2. The number of alkyl halides is 1. The molecule has 2 aromatic rings. The van der Waals surface area contributed by atoms with E-state index in [9.17, 15) is 4.79 Å². The zero-order chi connectivity index (χ0) is 17.9. The number of unbranched alkanes of at least 4 members (excludes halogenated alkanes) is 1. The SMILES string of the molecule is O=C(NCCCn1c[n+](CCCCBr)cc1Cl)OCc1ccccc1. The molecular formula is C18H24BrClN3O2+. The Hall–Kier alpha value is -1.53. The number of benzene rings is 1. The van der Waals surface area contributed by atoms with Gasteiger partial charge in [-0.2, -0.15) is 0 Å². The van der Waals surface area contributed by atoms with Crippen LogP contribution in [0.25, 0.3) is 0 Å². The van der Waals surface area contributed by atoms with Gasteiger partial charge in [0.15, 0.2) is 0 Å². The Morgan fingerprint density at radius 1 is 1.24 bits per heavy atom. The molecule has 25 heavy (non-hydrogen) atoms. The molecule has 0 bridgehead atoms. The number of nitrogens with zero attached hydrogens (tertiary/aromatic N) is 2. The number of nitrogens with one attached hydrogen (secondary N) is 1. The highest BCUT2D eigenvalue weighted by atomic mass is 79.9. The first-order valence-corrected chi connectivity index (χ1v) is 9.94. The molecule has 5 nitrogen and oxygen atoms in total. The molecule has 136 valence electrons. The lowest BCUT2D eigenvalue weighted by atomic mass is 10.2. The maximum atomic E-state index is 11.7. The summed E-state index contributed by atoms with van der Waals surface area (Å²) in [5.41, 5.74) is 0.973. The third-order valence-electron chi connectivity index (χ3n) is 3.69. The molecule has 0 unspecified atom stereocenters. The molecule has 0 aliphatic heterocycles. The number of aromatic nitrogens is 2. The standard InChI is InChI=1S/C18H23BrClN3O2/c19-9-4-5-11-22-13-17(20)23(15-22)12-6-10-21-18(24)25-14-16-7-2-1-3-8-16/h1-3,7-8,13,15H,4-6,9-12,14H2/p+1. The van der Waals surface area contributed by atoms with Crippen LogP contribution in [-0.4, -0.2) is 22.5 Å². The van der Waals surface area contributed by atoms with E-state index in [1.165, 1.54) is 0 Å². The van der Waals surface area contributed by atoms with Gasteiger partial charge in [-0.05, 0) is 30.0 Å². The number of hydrogen-bond donors (Lipinski definition) is 1. The maximum Gasteiger partial charge on any atom is 0.407 e. The number of carbonyl (C=O) groups is 1. The minimum atomic E-state index is -0.396. The van der Waals surface area contributed by atoms with Crippen LogP contribution in [0.4, 0.5) is 4.79 Å². The van der Waals surface area contributed by atoms with Crippen molar-refractivity contribution in [2.45, 2.75) is 39.0 Å². The fourth-order valence-corrected chi connectivity index (χ4v) is 3.02. The van der Waals surface area contributed by atoms with Crippen LogP contribution in [0.3, 0.4) is 0 Å². The predicted octanol–water partition coefficient (Wildman–Crippen LogP) is 3.92.